The zero-order chi connectivity index (χ0) is 19.9. The van der Waals surface area contributed by atoms with Gasteiger partial charge in [0, 0.05) is 51.9 Å². The van der Waals surface area contributed by atoms with Gasteiger partial charge in [-0.1, -0.05) is 18.2 Å². The highest BCUT2D eigenvalue weighted by atomic mass is 15.4. The molecule has 7 nitrogen and oxygen atoms in total. The van der Waals surface area contributed by atoms with E-state index in [1.807, 2.05) is 36.5 Å². The van der Waals surface area contributed by atoms with Crippen molar-refractivity contribution in [2.24, 2.45) is 4.99 Å². The number of anilines is 1. The van der Waals surface area contributed by atoms with Gasteiger partial charge in [-0.15, -0.1) is 0 Å². The lowest BCUT2D eigenvalue weighted by atomic mass is 10.3. The van der Waals surface area contributed by atoms with E-state index in [9.17, 15) is 0 Å². The van der Waals surface area contributed by atoms with E-state index in [4.69, 9.17) is 4.99 Å². The molecule has 0 unspecified atom stereocenters. The van der Waals surface area contributed by atoms with Crippen molar-refractivity contribution in [2.45, 2.75) is 19.8 Å². The number of aryl methyl sites for hydroxylation is 1. The Morgan fingerprint density at radius 3 is 2.69 bits per heavy atom. The fraction of sp³-hybridized carbons (Fsp3) is 0.409. The van der Waals surface area contributed by atoms with E-state index in [2.05, 4.69) is 49.1 Å². The van der Waals surface area contributed by atoms with Crippen LogP contribution in [0.1, 0.15) is 19.2 Å². The van der Waals surface area contributed by atoms with Crippen molar-refractivity contribution >= 4 is 22.8 Å². The number of guanidine groups is 1. The number of imidazole rings is 1. The molecule has 1 saturated heterocycles. The molecule has 29 heavy (non-hydrogen) atoms. The molecule has 0 radical (unpaired) electrons. The number of aromatic nitrogens is 3. The Labute approximate surface area is 171 Å². The summed E-state index contributed by atoms with van der Waals surface area (Å²) in [6.45, 7) is 7.61. The number of H-pyrrole nitrogens is 1. The lowest BCUT2D eigenvalue weighted by molar-refractivity contribution is 0.371. The average molecular weight is 392 g/mol. The van der Waals surface area contributed by atoms with Crippen molar-refractivity contribution in [3.63, 3.8) is 0 Å². The summed E-state index contributed by atoms with van der Waals surface area (Å²) >= 11 is 0. The van der Waals surface area contributed by atoms with Crippen molar-refractivity contribution in [3.05, 3.63) is 54.5 Å². The first-order valence-electron chi connectivity index (χ1n) is 10.5. The number of nitrogens with zero attached hydrogens (tertiary/aromatic N) is 5. The summed E-state index contributed by atoms with van der Waals surface area (Å²) in [7, 11) is 0. The Morgan fingerprint density at radius 2 is 1.93 bits per heavy atom. The third kappa shape index (κ3) is 4.85. The third-order valence-corrected chi connectivity index (χ3v) is 5.16. The molecule has 1 aliphatic rings. The van der Waals surface area contributed by atoms with Crippen molar-refractivity contribution < 1.29 is 0 Å². The molecule has 0 aliphatic carbocycles. The van der Waals surface area contributed by atoms with Crippen LogP contribution in [0.2, 0.25) is 0 Å². The van der Waals surface area contributed by atoms with E-state index in [1.54, 1.807) is 0 Å². The molecule has 1 aliphatic heterocycles. The summed E-state index contributed by atoms with van der Waals surface area (Å²) in [5.74, 6) is 3.10. The van der Waals surface area contributed by atoms with Crippen LogP contribution in [-0.2, 0) is 6.42 Å². The number of hydrogen-bond acceptors (Lipinski definition) is 4. The molecule has 2 N–H and O–H groups in total. The maximum absolute atomic E-state index is 4.86. The van der Waals surface area contributed by atoms with Gasteiger partial charge in [0.05, 0.1) is 11.0 Å². The minimum absolute atomic E-state index is 0.792. The minimum atomic E-state index is 0.792. The number of aromatic amines is 1. The summed E-state index contributed by atoms with van der Waals surface area (Å²) in [5.41, 5.74) is 2.13. The van der Waals surface area contributed by atoms with E-state index < -0.39 is 0 Å². The van der Waals surface area contributed by atoms with Crippen LogP contribution >= 0.6 is 0 Å². The second-order valence-electron chi connectivity index (χ2n) is 7.20. The number of pyridine rings is 1. The molecule has 152 valence electrons. The van der Waals surface area contributed by atoms with E-state index in [1.165, 1.54) is 0 Å². The number of aliphatic imine (C=N–C) groups is 1. The first-order chi connectivity index (χ1) is 14.3. The summed E-state index contributed by atoms with van der Waals surface area (Å²) in [6, 6.07) is 14.2. The predicted octanol–water partition coefficient (Wildman–Crippen LogP) is 2.68. The average Bonchev–Trinajstić information content (AvgIpc) is 3.19. The minimum Gasteiger partial charge on any atom is -0.357 e. The van der Waals surface area contributed by atoms with Crippen molar-refractivity contribution in [1.82, 2.24) is 25.2 Å². The van der Waals surface area contributed by atoms with Gasteiger partial charge < -0.3 is 20.1 Å². The summed E-state index contributed by atoms with van der Waals surface area (Å²) in [6.07, 6.45) is 3.74. The summed E-state index contributed by atoms with van der Waals surface area (Å²) in [4.78, 5) is 22.1. The molecule has 3 heterocycles. The maximum atomic E-state index is 4.86. The lowest BCUT2D eigenvalue weighted by Crippen LogP contribution is -2.52. The second-order valence-corrected chi connectivity index (χ2v) is 7.20. The predicted molar refractivity (Wildman–Crippen MR) is 118 cm³/mol. The molecule has 0 amide bonds. The topological polar surface area (TPSA) is 72.4 Å². The molecule has 2 aromatic heterocycles. The smallest absolute Gasteiger partial charge is 0.194 e. The summed E-state index contributed by atoms with van der Waals surface area (Å²) in [5, 5.41) is 3.45. The first kappa shape index (κ1) is 19.2. The highest BCUT2D eigenvalue weighted by Crippen LogP contribution is 2.13. The Hall–Kier alpha value is -3.09. The Bertz CT molecular complexity index is 893. The van der Waals surface area contributed by atoms with Crippen LogP contribution in [0.3, 0.4) is 0 Å². The van der Waals surface area contributed by atoms with Crippen LogP contribution in [0.15, 0.2) is 53.7 Å². The molecule has 0 spiro atoms. The van der Waals surface area contributed by atoms with Gasteiger partial charge in [-0.25, -0.2) is 9.97 Å². The first-order valence-corrected chi connectivity index (χ1v) is 10.5. The van der Waals surface area contributed by atoms with Gasteiger partial charge in [0.2, 0.25) is 0 Å². The molecule has 0 saturated carbocycles. The zero-order valence-corrected chi connectivity index (χ0v) is 17.0. The van der Waals surface area contributed by atoms with Gasteiger partial charge in [-0.3, -0.25) is 4.99 Å². The fourth-order valence-electron chi connectivity index (χ4n) is 3.67. The van der Waals surface area contributed by atoms with Crippen LogP contribution in [-0.4, -0.2) is 65.1 Å². The van der Waals surface area contributed by atoms with Gasteiger partial charge >= 0.3 is 0 Å². The number of benzene rings is 1. The Kier molecular flexibility index (Phi) is 6.24. The van der Waals surface area contributed by atoms with Crippen molar-refractivity contribution in [2.75, 3.05) is 44.2 Å². The van der Waals surface area contributed by atoms with Crippen LogP contribution in [0.25, 0.3) is 11.0 Å². The highest BCUT2D eigenvalue weighted by molar-refractivity contribution is 5.80. The fourth-order valence-corrected chi connectivity index (χ4v) is 3.67. The number of piperazine rings is 1. The standard InChI is InChI=1S/C22H29N7/c1-2-23-22(29-16-14-28(15-17-29)21-11-5-6-12-24-21)25-13-7-10-20-26-18-8-3-4-9-19(18)27-20/h3-6,8-9,11-12H,2,7,10,13-17H2,1H3,(H,23,25)(H,26,27). The van der Waals surface area contributed by atoms with Crippen LogP contribution in [0.5, 0.6) is 0 Å². The maximum Gasteiger partial charge on any atom is 0.194 e. The number of fused-ring (bicyclic) bond motifs is 1. The normalized spacial score (nSPS) is 15.1. The van der Waals surface area contributed by atoms with Crippen LogP contribution in [0.4, 0.5) is 5.82 Å². The third-order valence-electron chi connectivity index (χ3n) is 5.16. The van der Waals surface area contributed by atoms with E-state index in [-0.39, 0.29) is 0 Å². The second kappa shape index (κ2) is 9.41. The van der Waals surface area contributed by atoms with Gasteiger partial charge in [-0.05, 0) is 37.6 Å². The molecule has 1 aromatic carbocycles. The van der Waals surface area contributed by atoms with Gasteiger partial charge in [0.25, 0.3) is 0 Å². The zero-order valence-electron chi connectivity index (χ0n) is 17.0. The number of hydrogen-bond donors (Lipinski definition) is 2. The summed E-state index contributed by atoms with van der Waals surface area (Å²) < 4.78 is 0. The largest absolute Gasteiger partial charge is 0.357 e. The van der Waals surface area contributed by atoms with E-state index in [0.29, 0.717) is 0 Å². The highest BCUT2D eigenvalue weighted by Gasteiger charge is 2.20. The van der Waals surface area contributed by atoms with E-state index in [0.717, 1.165) is 80.7 Å². The molecule has 1 fully saturated rings. The molecule has 3 aromatic rings. The van der Waals surface area contributed by atoms with Crippen LogP contribution < -0.4 is 10.2 Å². The number of nitrogens with one attached hydrogen (secondary N) is 2. The number of rotatable bonds is 6. The van der Waals surface area contributed by atoms with Gasteiger partial charge in [0.15, 0.2) is 5.96 Å². The molecule has 0 atom stereocenters. The van der Waals surface area contributed by atoms with Crippen molar-refractivity contribution in [3.8, 4) is 0 Å². The molecule has 7 heteroatoms. The van der Waals surface area contributed by atoms with Gasteiger partial charge in [-0.2, -0.15) is 0 Å². The molecular weight excluding hydrogens is 362 g/mol. The van der Waals surface area contributed by atoms with Crippen LogP contribution in [0, 0.1) is 0 Å². The number of para-hydroxylation sites is 2. The van der Waals surface area contributed by atoms with Crippen molar-refractivity contribution in [1.29, 1.82) is 0 Å². The Morgan fingerprint density at radius 1 is 1.10 bits per heavy atom. The molecule has 0 bridgehead atoms. The van der Waals surface area contributed by atoms with E-state index >= 15 is 0 Å². The van der Waals surface area contributed by atoms with Gasteiger partial charge in [0.1, 0.15) is 11.6 Å². The Balaban J connectivity index is 1.29. The monoisotopic (exact) mass is 391 g/mol. The molecule has 4 rings (SSSR count). The molecular formula is C22H29N7. The SMILES string of the molecule is CCNC(=NCCCc1nc2ccccc2[nH]1)N1CCN(c2ccccn2)CC1. The lowest BCUT2D eigenvalue weighted by Gasteiger charge is -2.37. The quantitative estimate of drug-likeness (QED) is 0.384.